The molecule has 0 fully saturated rings. The number of allylic oxidation sites excluding steroid dienone is 1. The highest BCUT2D eigenvalue weighted by molar-refractivity contribution is 14.2. The van der Waals surface area contributed by atoms with E-state index in [-0.39, 0.29) is 20.7 Å². The summed E-state index contributed by atoms with van der Waals surface area (Å²) in [4.78, 5) is 4.89. The van der Waals surface area contributed by atoms with Crippen molar-refractivity contribution in [3.8, 4) is 11.8 Å². The van der Waals surface area contributed by atoms with Crippen LogP contribution in [0.1, 0.15) is 37.0 Å². The summed E-state index contributed by atoms with van der Waals surface area (Å²) in [6.45, 7) is 5.44. The van der Waals surface area contributed by atoms with Crippen molar-refractivity contribution in [3.05, 3.63) is 71.0 Å². The molecule has 0 amide bonds. The van der Waals surface area contributed by atoms with Crippen molar-refractivity contribution in [2.24, 2.45) is 4.99 Å². The smallest absolute Gasteiger partial charge is 0.134 e. The number of hydrogen-bond donors (Lipinski definition) is 1. The van der Waals surface area contributed by atoms with E-state index in [0.29, 0.717) is 18.7 Å². The summed E-state index contributed by atoms with van der Waals surface area (Å²) >= 11 is -0.0101. The molecule has 2 aromatic rings. The highest BCUT2D eigenvalue weighted by atomic mass is 127. The molecule has 1 aliphatic heterocycles. The average Bonchev–Trinajstić information content (AvgIpc) is 2.71. The van der Waals surface area contributed by atoms with Gasteiger partial charge in [0.25, 0.3) is 0 Å². The molecule has 0 atom stereocenters. The third kappa shape index (κ3) is 5.52. The van der Waals surface area contributed by atoms with E-state index in [4.69, 9.17) is 15.0 Å². The number of alkyl halides is 1. The second-order valence-electron chi connectivity index (χ2n) is 6.43. The second kappa shape index (κ2) is 10.2. The zero-order valence-corrected chi connectivity index (χ0v) is 18.4. The van der Waals surface area contributed by atoms with Gasteiger partial charge in [-0.1, -0.05) is 24.3 Å². The van der Waals surface area contributed by atoms with Gasteiger partial charge in [-0.3, -0.25) is 0 Å². The molecular weight excluding hydrogens is 461 g/mol. The van der Waals surface area contributed by atoms with Gasteiger partial charge in [0.2, 0.25) is 0 Å². The van der Waals surface area contributed by atoms with Crippen molar-refractivity contribution < 1.29 is 4.74 Å². The first-order valence-electron chi connectivity index (χ1n) is 9.35. The highest BCUT2D eigenvalue weighted by Crippen LogP contribution is 2.24. The molecule has 0 saturated carbocycles. The summed E-state index contributed by atoms with van der Waals surface area (Å²) in [5.74, 6) is 1.81. The Hall–Kier alpha value is -2.46. The Labute approximate surface area is 176 Å². The number of nitrogens with zero attached hydrogens (tertiary/aromatic N) is 2. The van der Waals surface area contributed by atoms with Crippen LogP contribution in [0.25, 0.3) is 5.57 Å². The summed E-state index contributed by atoms with van der Waals surface area (Å²) in [5, 5.41) is 12.5. The van der Waals surface area contributed by atoms with Gasteiger partial charge in [-0.15, -0.1) is 20.7 Å². The van der Waals surface area contributed by atoms with E-state index in [1.165, 1.54) is 15.7 Å². The molecule has 0 aliphatic carbocycles. The number of halogens is 1. The summed E-state index contributed by atoms with van der Waals surface area (Å²) in [5.41, 5.74) is 5.30. The molecule has 5 heteroatoms. The third-order valence-electron chi connectivity index (χ3n) is 4.33. The van der Waals surface area contributed by atoms with Gasteiger partial charge in [0, 0.05) is 22.3 Å². The summed E-state index contributed by atoms with van der Waals surface area (Å²) in [6, 6.07) is 18.1. The molecule has 4 nitrogen and oxygen atoms in total. The molecule has 1 N–H and O–H groups in total. The standard InChI is InChI=1S/C23H24IN3O/c1-3-28-21-10-8-20(9-11-21)22-14-24-13-12-17(2)27-23(22)26-16-19-6-4-18(15-25)5-7-19/h4-11,14,26H,3,12-13,16H2,1-2H3/b23-22+,27-17-. The van der Waals surface area contributed by atoms with E-state index >= 15 is 0 Å². The Bertz CT molecular complexity index is 935. The average molecular weight is 485 g/mol. The molecule has 0 spiro atoms. The molecule has 1 aliphatic rings. The van der Waals surface area contributed by atoms with Crippen molar-refractivity contribution in [1.29, 1.82) is 5.26 Å². The van der Waals surface area contributed by atoms with Gasteiger partial charge in [0.05, 0.1) is 18.2 Å². The van der Waals surface area contributed by atoms with Crippen LogP contribution in [0.3, 0.4) is 0 Å². The molecule has 3 rings (SSSR count). The van der Waals surface area contributed by atoms with Crippen LogP contribution < -0.4 is 10.1 Å². The number of rotatable bonds is 6. The molecule has 1 heterocycles. The number of benzene rings is 2. The molecule has 0 saturated heterocycles. The van der Waals surface area contributed by atoms with Gasteiger partial charge in [-0.2, -0.15) is 5.26 Å². The number of hydrogen-bond acceptors (Lipinski definition) is 4. The Kier molecular flexibility index (Phi) is 7.38. The van der Waals surface area contributed by atoms with E-state index < -0.39 is 0 Å². The van der Waals surface area contributed by atoms with Crippen molar-refractivity contribution >= 4 is 36.0 Å². The van der Waals surface area contributed by atoms with Crippen molar-refractivity contribution in [2.45, 2.75) is 26.8 Å². The van der Waals surface area contributed by atoms with Gasteiger partial charge < -0.3 is 10.1 Å². The van der Waals surface area contributed by atoms with Crippen LogP contribution in [0.5, 0.6) is 5.75 Å². The monoisotopic (exact) mass is 485 g/mol. The van der Waals surface area contributed by atoms with Crippen LogP contribution in [0.2, 0.25) is 0 Å². The fourth-order valence-corrected chi connectivity index (χ4v) is 5.29. The summed E-state index contributed by atoms with van der Waals surface area (Å²) in [6.07, 6.45) is 1.06. The predicted molar refractivity (Wildman–Crippen MR) is 125 cm³/mol. The quantitative estimate of drug-likeness (QED) is 0.460. The van der Waals surface area contributed by atoms with Crippen LogP contribution in [0.4, 0.5) is 0 Å². The van der Waals surface area contributed by atoms with Gasteiger partial charge in [-0.25, -0.2) is 4.99 Å². The lowest BCUT2D eigenvalue weighted by molar-refractivity contribution is 0.340. The SMILES string of the molecule is CCOc1ccc(/C2=C(NCc3ccc(C#N)cc3)/N=C(/C)CCI=C2)cc1. The fourth-order valence-electron chi connectivity index (χ4n) is 2.80. The first-order chi connectivity index (χ1) is 13.7. The molecule has 144 valence electrons. The number of nitrogens with one attached hydrogen (secondary N) is 1. The van der Waals surface area contributed by atoms with Crippen molar-refractivity contribution in [3.63, 3.8) is 0 Å². The van der Waals surface area contributed by atoms with Crippen molar-refractivity contribution in [2.75, 3.05) is 11.0 Å². The lowest BCUT2D eigenvalue weighted by atomic mass is 10.1. The molecule has 0 bridgehead atoms. The Balaban J connectivity index is 1.90. The topological polar surface area (TPSA) is 57.4 Å². The maximum atomic E-state index is 8.96. The van der Waals surface area contributed by atoms with Crippen LogP contribution in [-0.2, 0) is 6.54 Å². The molecular formula is C23H24IN3O. The van der Waals surface area contributed by atoms with E-state index in [1.54, 1.807) is 0 Å². The minimum atomic E-state index is -0.0101. The third-order valence-corrected chi connectivity index (χ3v) is 6.55. The fraction of sp³-hybridized carbons (Fsp3) is 0.261. The molecule has 0 radical (unpaired) electrons. The van der Waals surface area contributed by atoms with Crippen LogP contribution >= 0.6 is 20.7 Å². The highest BCUT2D eigenvalue weighted by Gasteiger charge is 2.10. The van der Waals surface area contributed by atoms with Gasteiger partial charge in [0.15, 0.2) is 0 Å². The van der Waals surface area contributed by atoms with E-state index in [2.05, 4.69) is 34.5 Å². The number of aliphatic imine (C=N–C) groups is 1. The van der Waals surface area contributed by atoms with E-state index in [0.717, 1.165) is 29.1 Å². The maximum Gasteiger partial charge on any atom is 0.134 e. The first kappa shape index (κ1) is 20.3. The maximum absolute atomic E-state index is 8.96. The van der Waals surface area contributed by atoms with Gasteiger partial charge >= 0.3 is 0 Å². The largest absolute Gasteiger partial charge is 0.494 e. The predicted octanol–water partition coefficient (Wildman–Crippen LogP) is 5.05. The summed E-state index contributed by atoms with van der Waals surface area (Å²) < 4.78 is 9.18. The summed E-state index contributed by atoms with van der Waals surface area (Å²) in [7, 11) is 0. The second-order valence-corrected chi connectivity index (χ2v) is 9.01. The van der Waals surface area contributed by atoms with Crippen LogP contribution in [0.15, 0.2) is 59.3 Å². The zero-order chi connectivity index (χ0) is 19.8. The van der Waals surface area contributed by atoms with Crippen molar-refractivity contribution in [1.82, 2.24) is 5.32 Å². The lowest BCUT2D eigenvalue weighted by Crippen LogP contribution is -2.16. The van der Waals surface area contributed by atoms with Crippen LogP contribution in [0, 0.1) is 11.3 Å². The minimum absolute atomic E-state index is 0.0101. The Morgan fingerprint density at radius 1 is 1.14 bits per heavy atom. The van der Waals surface area contributed by atoms with Gasteiger partial charge in [-0.05, 0) is 59.7 Å². The van der Waals surface area contributed by atoms with Crippen LogP contribution in [-0.4, -0.2) is 20.8 Å². The lowest BCUT2D eigenvalue weighted by Gasteiger charge is -2.15. The van der Waals surface area contributed by atoms with E-state index in [9.17, 15) is 0 Å². The Morgan fingerprint density at radius 3 is 2.57 bits per heavy atom. The molecule has 0 unspecified atom stereocenters. The first-order valence-corrected chi connectivity index (χ1v) is 12.1. The normalized spacial score (nSPS) is 18.7. The molecule has 28 heavy (non-hydrogen) atoms. The Morgan fingerprint density at radius 2 is 1.89 bits per heavy atom. The molecule has 2 aromatic carbocycles. The van der Waals surface area contributed by atoms with E-state index in [1.807, 2.05) is 43.3 Å². The van der Waals surface area contributed by atoms with Gasteiger partial charge in [0.1, 0.15) is 11.6 Å². The number of nitriles is 1. The molecule has 0 aromatic heterocycles. The number of ether oxygens (including phenoxy) is 1. The minimum Gasteiger partial charge on any atom is -0.494 e. The zero-order valence-electron chi connectivity index (χ0n) is 16.2.